The van der Waals surface area contributed by atoms with Gasteiger partial charge in [0.25, 0.3) is 0 Å². The number of unbranched alkanes of at least 4 members (excludes halogenated alkanes) is 1. The minimum Gasteiger partial charge on any atom is -0.431 e. The number of fused-ring (bicyclic) bond motifs is 5. The first kappa shape index (κ1) is 25.3. The third kappa shape index (κ3) is 4.85. The normalized spacial score (nSPS) is 45.1. The lowest BCUT2D eigenvalue weighted by Crippen LogP contribution is -2.54. The predicted octanol–water partition coefficient (Wildman–Crippen LogP) is 7.89. The number of rotatable bonds is 5. The maximum Gasteiger partial charge on any atom is 0.508 e. The zero-order valence-electron chi connectivity index (χ0n) is 22.6. The first-order chi connectivity index (χ1) is 16.8. The van der Waals surface area contributed by atoms with E-state index in [4.69, 9.17) is 9.47 Å². The minimum atomic E-state index is -0.420. The van der Waals surface area contributed by atoms with Crippen LogP contribution in [0, 0.1) is 46.8 Å². The lowest BCUT2D eigenvalue weighted by molar-refractivity contribution is -0.120. The van der Waals surface area contributed by atoms with Crippen LogP contribution in [-0.4, -0.2) is 24.1 Å². The highest BCUT2D eigenvalue weighted by atomic mass is 16.7. The van der Waals surface area contributed by atoms with Crippen molar-refractivity contribution in [2.45, 2.75) is 123 Å². The number of ketones is 1. The monoisotopic (exact) mass is 484 g/mol. The SMILES string of the molecule is CCCCC1CCC(OC(=O)O[C@H]2CC[C@H]3[C@H]4[C@H]([C@@H](C)C[C@]23C)[C@H]2CCC(=O)C=C2C[C@H]4C)CC1. The molecule has 0 aromatic carbocycles. The van der Waals surface area contributed by atoms with E-state index in [1.807, 2.05) is 6.08 Å². The summed E-state index contributed by atoms with van der Waals surface area (Å²) in [6, 6.07) is 0. The topological polar surface area (TPSA) is 52.6 Å². The van der Waals surface area contributed by atoms with Crippen molar-refractivity contribution < 1.29 is 19.1 Å². The largest absolute Gasteiger partial charge is 0.508 e. The Kier molecular flexibility index (Phi) is 7.39. The maximum atomic E-state index is 12.9. The second-order valence-corrected chi connectivity index (χ2v) is 13.3. The standard InChI is InChI=1S/C31H48O4/c1-5-6-7-21-8-11-24(12-9-21)34-30(33)35-27-15-14-26-29-19(2)16-22-17-23(32)10-13-25(22)28(29)20(3)18-31(26,27)4/h17,19-21,24-29H,5-16,18H2,1-4H3/t19-,20+,21?,24?,25+,26+,27+,28-,29+,31+/m1/s1. The third-order valence-electron chi connectivity index (χ3n) is 11.1. The number of hydrogen-bond donors (Lipinski definition) is 0. The molecule has 4 saturated carbocycles. The quantitative estimate of drug-likeness (QED) is 0.372. The van der Waals surface area contributed by atoms with Gasteiger partial charge in [0.1, 0.15) is 12.2 Å². The van der Waals surface area contributed by atoms with Gasteiger partial charge in [0.05, 0.1) is 0 Å². The van der Waals surface area contributed by atoms with Gasteiger partial charge >= 0.3 is 6.16 Å². The van der Waals surface area contributed by atoms with E-state index in [2.05, 4.69) is 27.7 Å². The summed E-state index contributed by atoms with van der Waals surface area (Å²) in [5.41, 5.74) is 1.47. The van der Waals surface area contributed by atoms with Crippen molar-refractivity contribution in [3.63, 3.8) is 0 Å². The van der Waals surface area contributed by atoms with Gasteiger partial charge in [-0.2, -0.15) is 0 Å². The molecular weight excluding hydrogens is 436 g/mol. The second-order valence-electron chi connectivity index (χ2n) is 13.3. The molecule has 0 unspecified atom stereocenters. The Labute approximate surface area is 213 Å². The molecule has 0 aromatic heterocycles. The molecule has 4 fully saturated rings. The molecule has 8 atom stereocenters. The van der Waals surface area contributed by atoms with E-state index < -0.39 is 6.16 Å². The molecule has 0 bridgehead atoms. The highest BCUT2D eigenvalue weighted by molar-refractivity contribution is 5.91. The first-order valence-electron chi connectivity index (χ1n) is 14.9. The van der Waals surface area contributed by atoms with Crippen LogP contribution in [0.3, 0.4) is 0 Å². The van der Waals surface area contributed by atoms with Gasteiger partial charge in [-0.1, -0.05) is 52.5 Å². The van der Waals surface area contributed by atoms with E-state index in [0.717, 1.165) is 57.3 Å². The van der Waals surface area contributed by atoms with Crippen LogP contribution in [0.25, 0.3) is 0 Å². The van der Waals surface area contributed by atoms with Crippen LogP contribution in [-0.2, 0) is 14.3 Å². The molecule has 0 amide bonds. The Morgan fingerprint density at radius 3 is 2.51 bits per heavy atom. The molecule has 0 saturated heterocycles. The molecule has 0 spiro atoms. The van der Waals surface area contributed by atoms with Gasteiger partial charge in [-0.15, -0.1) is 0 Å². The van der Waals surface area contributed by atoms with Gasteiger partial charge in [-0.25, -0.2) is 4.79 Å². The molecule has 5 rings (SSSR count). The Morgan fingerprint density at radius 1 is 1.00 bits per heavy atom. The van der Waals surface area contributed by atoms with E-state index in [1.165, 1.54) is 37.7 Å². The van der Waals surface area contributed by atoms with Crippen molar-refractivity contribution in [2.75, 3.05) is 0 Å². The summed E-state index contributed by atoms with van der Waals surface area (Å²) < 4.78 is 12.0. The van der Waals surface area contributed by atoms with Crippen molar-refractivity contribution in [1.29, 1.82) is 0 Å². The molecule has 0 aliphatic heterocycles. The Balaban J connectivity index is 1.21. The van der Waals surface area contributed by atoms with Crippen LogP contribution >= 0.6 is 0 Å². The number of allylic oxidation sites excluding steroid dienone is 1. The summed E-state index contributed by atoms with van der Waals surface area (Å²) in [6.07, 6.45) is 15.9. The van der Waals surface area contributed by atoms with Crippen LogP contribution in [0.4, 0.5) is 4.79 Å². The maximum absolute atomic E-state index is 12.9. The smallest absolute Gasteiger partial charge is 0.431 e. The van der Waals surface area contributed by atoms with Crippen LogP contribution in [0.2, 0.25) is 0 Å². The lowest BCUT2D eigenvalue weighted by Gasteiger charge is -2.58. The highest BCUT2D eigenvalue weighted by Gasteiger charge is 2.61. The Hall–Kier alpha value is -1.32. The van der Waals surface area contributed by atoms with Crippen molar-refractivity contribution >= 4 is 11.9 Å². The number of hydrogen-bond acceptors (Lipinski definition) is 4. The molecule has 5 aliphatic rings. The van der Waals surface area contributed by atoms with E-state index in [0.29, 0.717) is 41.3 Å². The van der Waals surface area contributed by atoms with Crippen molar-refractivity contribution in [1.82, 2.24) is 0 Å². The summed E-state index contributed by atoms with van der Waals surface area (Å²) in [7, 11) is 0. The highest BCUT2D eigenvalue weighted by Crippen LogP contribution is 2.65. The molecule has 196 valence electrons. The van der Waals surface area contributed by atoms with Crippen LogP contribution in [0.5, 0.6) is 0 Å². The second kappa shape index (κ2) is 10.2. The summed E-state index contributed by atoms with van der Waals surface area (Å²) in [6.45, 7) is 9.49. The predicted molar refractivity (Wildman–Crippen MR) is 138 cm³/mol. The summed E-state index contributed by atoms with van der Waals surface area (Å²) >= 11 is 0. The van der Waals surface area contributed by atoms with E-state index in [1.54, 1.807) is 0 Å². The average Bonchev–Trinajstić information content (AvgIpc) is 3.13. The van der Waals surface area contributed by atoms with Crippen molar-refractivity contribution in [3.8, 4) is 0 Å². The van der Waals surface area contributed by atoms with Crippen LogP contribution < -0.4 is 0 Å². The fourth-order valence-corrected chi connectivity index (χ4v) is 9.59. The lowest BCUT2D eigenvalue weighted by atomic mass is 9.47. The van der Waals surface area contributed by atoms with E-state index in [-0.39, 0.29) is 17.6 Å². The fourth-order valence-electron chi connectivity index (χ4n) is 9.59. The summed E-state index contributed by atoms with van der Waals surface area (Å²) in [5, 5.41) is 0. The minimum absolute atomic E-state index is 0.0265. The van der Waals surface area contributed by atoms with Gasteiger partial charge in [0, 0.05) is 11.8 Å². The van der Waals surface area contributed by atoms with Gasteiger partial charge in [-0.05, 0) is 105 Å². The molecule has 0 N–H and O–H groups in total. The van der Waals surface area contributed by atoms with Crippen molar-refractivity contribution in [3.05, 3.63) is 11.6 Å². The third-order valence-corrected chi connectivity index (χ3v) is 11.1. The molecule has 4 heteroatoms. The molecule has 5 aliphatic carbocycles. The Morgan fingerprint density at radius 2 is 1.77 bits per heavy atom. The molecular formula is C31H48O4. The number of carbonyl (C=O) groups excluding carboxylic acids is 2. The van der Waals surface area contributed by atoms with Crippen molar-refractivity contribution in [2.24, 2.45) is 46.8 Å². The average molecular weight is 485 g/mol. The molecule has 0 aromatic rings. The van der Waals surface area contributed by atoms with Crippen LogP contribution in [0.1, 0.15) is 111 Å². The van der Waals surface area contributed by atoms with Gasteiger partial charge in [0.2, 0.25) is 0 Å². The molecule has 35 heavy (non-hydrogen) atoms. The Bertz CT molecular complexity index is 824. The van der Waals surface area contributed by atoms with Gasteiger partial charge in [-0.3, -0.25) is 4.79 Å². The zero-order valence-corrected chi connectivity index (χ0v) is 22.6. The van der Waals surface area contributed by atoms with E-state index in [9.17, 15) is 9.59 Å². The molecule has 0 heterocycles. The van der Waals surface area contributed by atoms with E-state index >= 15 is 0 Å². The molecule has 4 nitrogen and oxygen atoms in total. The van der Waals surface area contributed by atoms with Gasteiger partial charge in [0.15, 0.2) is 5.78 Å². The van der Waals surface area contributed by atoms with Gasteiger partial charge < -0.3 is 9.47 Å². The number of carbonyl (C=O) groups is 2. The first-order valence-corrected chi connectivity index (χ1v) is 14.9. The molecule has 0 radical (unpaired) electrons. The summed E-state index contributed by atoms with van der Waals surface area (Å²) in [5.74, 6) is 4.85. The van der Waals surface area contributed by atoms with Crippen LogP contribution in [0.15, 0.2) is 11.6 Å². The summed E-state index contributed by atoms with van der Waals surface area (Å²) in [4.78, 5) is 25.0. The zero-order chi connectivity index (χ0) is 24.7. The fraction of sp³-hybridized carbons (Fsp3) is 0.871. The number of ether oxygens (including phenoxy) is 2.